The average Bonchev–Trinajstić information content (AvgIpc) is 2.41. The van der Waals surface area contributed by atoms with Crippen LogP contribution in [-0.2, 0) is 0 Å². The summed E-state index contributed by atoms with van der Waals surface area (Å²) in [5, 5.41) is 0.564. The second-order valence-corrected chi connectivity index (χ2v) is 6.10. The van der Waals surface area contributed by atoms with Crippen LogP contribution in [0, 0.1) is 6.92 Å². The first kappa shape index (κ1) is 13.3. The number of thioether (sulfide) groups is 1. The van der Waals surface area contributed by atoms with Crippen LogP contribution in [0.2, 0.25) is 0 Å². The summed E-state index contributed by atoms with van der Waals surface area (Å²) in [6.07, 6.45) is 1.11. The van der Waals surface area contributed by atoms with Crippen molar-refractivity contribution in [3.63, 3.8) is 0 Å². The number of aryl methyl sites for hydroxylation is 1. The molecule has 0 saturated carbocycles. The summed E-state index contributed by atoms with van der Waals surface area (Å²) >= 11 is 1.96. The first-order valence-electron chi connectivity index (χ1n) is 6.39. The molecule has 1 heterocycles. The summed E-state index contributed by atoms with van der Waals surface area (Å²) in [6, 6.07) is 5.66. The number of nitrogen functional groups attached to an aromatic ring is 1. The van der Waals surface area contributed by atoms with Gasteiger partial charge in [-0.25, -0.2) is 0 Å². The number of para-hydroxylation sites is 1. The van der Waals surface area contributed by atoms with Crippen LogP contribution >= 0.6 is 11.8 Å². The van der Waals surface area contributed by atoms with E-state index in [4.69, 9.17) is 5.73 Å². The molecule has 1 aromatic rings. The molecule has 98 valence electrons. The zero-order valence-corrected chi connectivity index (χ0v) is 11.8. The van der Waals surface area contributed by atoms with E-state index in [0.717, 1.165) is 30.8 Å². The predicted octanol–water partition coefficient (Wildman–Crippen LogP) is 2.54. The summed E-state index contributed by atoms with van der Waals surface area (Å²) in [4.78, 5) is 14.4. The summed E-state index contributed by atoms with van der Waals surface area (Å²) in [5.74, 6) is 1.10. The van der Waals surface area contributed by atoms with Crippen LogP contribution in [0.3, 0.4) is 0 Å². The van der Waals surface area contributed by atoms with Gasteiger partial charge in [0.1, 0.15) is 0 Å². The summed E-state index contributed by atoms with van der Waals surface area (Å²) in [7, 11) is 0. The lowest BCUT2D eigenvalue weighted by molar-refractivity contribution is 0.0762. The van der Waals surface area contributed by atoms with Gasteiger partial charge in [-0.1, -0.05) is 19.1 Å². The molecule has 1 atom stereocenters. The molecular formula is C14H20N2OS. The number of rotatable bonds is 2. The molecule has 1 aliphatic rings. The third-order valence-electron chi connectivity index (χ3n) is 3.44. The highest BCUT2D eigenvalue weighted by molar-refractivity contribution is 8.00. The molecule has 2 rings (SSSR count). The molecule has 1 saturated heterocycles. The van der Waals surface area contributed by atoms with Gasteiger partial charge < -0.3 is 10.6 Å². The molecule has 1 aliphatic heterocycles. The Labute approximate surface area is 113 Å². The smallest absolute Gasteiger partial charge is 0.256 e. The fourth-order valence-corrected chi connectivity index (χ4v) is 3.37. The average molecular weight is 264 g/mol. The van der Waals surface area contributed by atoms with E-state index in [-0.39, 0.29) is 5.91 Å². The number of benzene rings is 1. The van der Waals surface area contributed by atoms with E-state index < -0.39 is 0 Å². The van der Waals surface area contributed by atoms with Gasteiger partial charge in [-0.05, 0) is 25.0 Å². The van der Waals surface area contributed by atoms with E-state index >= 15 is 0 Å². The van der Waals surface area contributed by atoms with E-state index in [0.29, 0.717) is 16.5 Å². The number of hydrogen-bond acceptors (Lipinski definition) is 3. The molecule has 1 unspecified atom stereocenters. The minimum Gasteiger partial charge on any atom is -0.398 e. The number of anilines is 1. The highest BCUT2D eigenvalue weighted by Gasteiger charge is 2.25. The van der Waals surface area contributed by atoms with Gasteiger partial charge in [0, 0.05) is 29.8 Å². The predicted molar refractivity (Wildman–Crippen MR) is 78.0 cm³/mol. The topological polar surface area (TPSA) is 46.3 Å². The van der Waals surface area contributed by atoms with Gasteiger partial charge in [-0.2, -0.15) is 11.8 Å². The Morgan fingerprint density at radius 3 is 3.06 bits per heavy atom. The number of nitrogens with two attached hydrogens (primary N) is 1. The van der Waals surface area contributed by atoms with Gasteiger partial charge >= 0.3 is 0 Å². The summed E-state index contributed by atoms with van der Waals surface area (Å²) < 4.78 is 0. The Kier molecular flexibility index (Phi) is 4.17. The Balaban J connectivity index is 2.18. The van der Waals surface area contributed by atoms with Crippen LogP contribution in [0.15, 0.2) is 18.2 Å². The second-order valence-electron chi connectivity index (χ2n) is 4.69. The van der Waals surface area contributed by atoms with E-state index in [1.54, 1.807) is 0 Å². The van der Waals surface area contributed by atoms with Crippen molar-refractivity contribution in [1.29, 1.82) is 0 Å². The Morgan fingerprint density at radius 1 is 1.56 bits per heavy atom. The third-order valence-corrected chi connectivity index (χ3v) is 4.81. The van der Waals surface area contributed by atoms with Crippen molar-refractivity contribution in [2.45, 2.75) is 25.5 Å². The van der Waals surface area contributed by atoms with Crippen molar-refractivity contribution in [1.82, 2.24) is 4.90 Å². The van der Waals surface area contributed by atoms with Gasteiger partial charge in [-0.15, -0.1) is 0 Å². The lowest BCUT2D eigenvalue weighted by atomic mass is 10.1. The van der Waals surface area contributed by atoms with Crippen molar-refractivity contribution >= 4 is 23.4 Å². The molecule has 0 radical (unpaired) electrons. The first-order valence-corrected chi connectivity index (χ1v) is 7.44. The quantitative estimate of drug-likeness (QED) is 0.835. The fraction of sp³-hybridized carbons (Fsp3) is 0.500. The van der Waals surface area contributed by atoms with Crippen LogP contribution in [0.5, 0.6) is 0 Å². The molecule has 0 aliphatic carbocycles. The van der Waals surface area contributed by atoms with E-state index in [1.807, 2.05) is 41.8 Å². The molecule has 18 heavy (non-hydrogen) atoms. The molecule has 2 N–H and O–H groups in total. The van der Waals surface area contributed by atoms with Crippen LogP contribution < -0.4 is 5.73 Å². The Hall–Kier alpha value is -1.16. The number of amides is 1. The molecule has 0 aromatic heterocycles. The van der Waals surface area contributed by atoms with E-state index in [1.165, 1.54) is 0 Å². The standard InChI is InChI=1S/C14H20N2OS/c1-3-11-9-16(7-8-18-11)14(17)12-6-4-5-10(2)13(12)15/h4-6,11H,3,7-9,15H2,1-2H3. The molecule has 0 spiro atoms. The normalized spacial score (nSPS) is 19.9. The van der Waals surface area contributed by atoms with Crippen molar-refractivity contribution < 1.29 is 4.79 Å². The zero-order valence-electron chi connectivity index (χ0n) is 11.0. The SMILES string of the molecule is CCC1CN(C(=O)c2cccc(C)c2N)CCS1. The maximum Gasteiger partial charge on any atom is 0.256 e. The largest absolute Gasteiger partial charge is 0.398 e. The number of carbonyl (C=O) groups is 1. The van der Waals surface area contributed by atoms with E-state index in [2.05, 4.69) is 6.92 Å². The number of carbonyl (C=O) groups excluding carboxylic acids is 1. The van der Waals surface area contributed by atoms with Gasteiger partial charge in [0.25, 0.3) is 5.91 Å². The third kappa shape index (κ3) is 2.64. The number of nitrogens with zero attached hydrogens (tertiary/aromatic N) is 1. The van der Waals surface area contributed by atoms with Crippen LogP contribution in [0.25, 0.3) is 0 Å². The van der Waals surface area contributed by atoms with Crippen molar-refractivity contribution in [2.75, 3.05) is 24.6 Å². The van der Waals surface area contributed by atoms with Crippen LogP contribution in [0.1, 0.15) is 29.3 Å². The van der Waals surface area contributed by atoms with Gasteiger partial charge in [0.15, 0.2) is 0 Å². The lowest BCUT2D eigenvalue weighted by Gasteiger charge is -2.32. The molecule has 4 heteroatoms. The molecule has 3 nitrogen and oxygen atoms in total. The maximum atomic E-state index is 12.5. The first-order chi connectivity index (χ1) is 8.63. The fourth-order valence-electron chi connectivity index (χ4n) is 2.19. The summed E-state index contributed by atoms with van der Waals surface area (Å²) in [5.41, 5.74) is 8.25. The van der Waals surface area contributed by atoms with Crippen LogP contribution in [-0.4, -0.2) is 34.9 Å². The zero-order chi connectivity index (χ0) is 13.1. The Morgan fingerprint density at radius 2 is 2.33 bits per heavy atom. The Bertz CT molecular complexity index is 447. The maximum absolute atomic E-state index is 12.5. The minimum absolute atomic E-state index is 0.0787. The van der Waals surface area contributed by atoms with Crippen molar-refractivity contribution in [2.24, 2.45) is 0 Å². The van der Waals surface area contributed by atoms with Gasteiger partial charge in [-0.3, -0.25) is 4.79 Å². The van der Waals surface area contributed by atoms with Gasteiger partial charge in [0.2, 0.25) is 0 Å². The monoisotopic (exact) mass is 264 g/mol. The lowest BCUT2D eigenvalue weighted by Crippen LogP contribution is -2.42. The molecule has 1 aromatic carbocycles. The molecule has 1 amide bonds. The molecule has 0 bridgehead atoms. The minimum atomic E-state index is 0.0787. The van der Waals surface area contributed by atoms with Gasteiger partial charge in [0.05, 0.1) is 5.56 Å². The van der Waals surface area contributed by atoms with E-state index in [9.17, 15) is 4.79 Å². The molecule has 1 fully saturated rings. The highest BCUT2D eigenvalue weighted by Crippen LogP contribution is 2.24. The van der Waals surface area contributed by atoms with Crippen LogP contribution in [0.4, 0.5) is 5.69 Å². The number of hydrogen-bond donors (Lipinski definition) is 1. The highest BCUT2D eigenvalue weighted by atomic mass is 32.2. The van der Waals surface area contributed by atoms with Crippen molar-refractivity contribution in [3.8, 4) is 0 Å². The second kappa shape index (κ2) is 5.65. The van der Waals surface area contributed by atoms with Crippen molar-refractivity contribution in [3.05, 3.63) is 29.3 Å². The molecular weight excluding hydrogens is 244 g/mol. The summed E-state index contributed by atoms with van der Waals surface area (Å²) in [6.45, 7) is 5.78.